The molecule has 0 radical (unpaired) electrons. The van der Waals surface area contributed by atoms with E-state index in [0.717, 1.165) is 12.3 Å². The average molecular weight is 136 g/mol. The Morgan fingerprint density at radius 1 is 1.50 bits per heavy atom. The van der Waals surface area contributed by atoms with Gasteiger partial charge in [0, 0.05) is 5.92 Å². The van der Waals surface area contributed by atoms with Crippen LogP contribution in [0.5, 0.6) is 0 Å². The summed E-state index contributed by atoms with van der Waals surface area (Å²) in [4.78, 5) is 11.2. The Hall–Kier alpha value is -0.590. The van der Waals surface area contributed by atoms with E-state index in [1.165, 1.54) is 5.57 Å². The van der Waals surface area contributed by atoms with Crippen molar-refractivity contribution in [2.24, 2.45) is 17.8 Å². The molecule has 1 saturated carbocycles. The summed E-state index contributed by atoms with van der Waals surface area (Å²) in [7, 11) is 0. The zero-order valence-corrected chi connectivity index (χ0v) is 6.42. The highest BCUT2D eigenvalue weighted by molar-refractivity contribution is 5.95. The Morgan fingerprint density at radius 2 is 2.20 bits per heavy atom. The third kappa shape index (κ3) is 0.556. The molecule has 1 unspecified atom stereocenters. The molecular formula is C9H12O. The maximum Gasteiger partial charge on any atom is 0.159 e. The Labute approximate surface area is 61.1 Å². The highest BCUT2D eigenvalue weighted by atomic mass is 16.1. The molecule has 3 aliphatic carbocycles. The van der Waals surface area contributed by atoms with Crippen LogP contribution in [0.1, 0.15) is 20.3 Å². The van der Waals surface area contributed by atoms with E-state index in [9.17, 15) is 4.79 Å². The maximum absolute atomic E-state index is 11.2. The molecule has 1 heteroatoms. The van der Waals surface area contributed by atoms with Crippen LogP contribution < -0.4 is 0 Å². The first-order chi connectivity index (χ1) is 4.70. The van der Waals surface area contributed by atoms with Crippen LogP contribution in [0.2, 0.25) is 0 Å². The summed E-state index contributed by atoms with van der Waals surface area (Å²) in [6, 6.07) is 0. The number of hydrogen-bond acceptors (Lipinski definition) is 1. The summed E-state index contributed by atoms with van der Waals surface area (Å²) in [5.41, 5.74) is 1.31. The van der Waals surface area contributed by atoms with Crippen LogP contribution in [0.15, 0.2) is 11.6 Å². The lowest BCUT2D eigenvalue weighted by Crippen LogP contribution is -2.43. The second kappa shape index (κ2) is 1.71. The summed E-state index contributed by atoms with van der Waals surface area (Å²) in [5.74, 6) is 2.13. The second-order valence-electron chi connectivity index (χ2n) is 3.60. The number of fused-ring (bicyclic) bond motifs is 1. The number of carbonyl (C=O) groups excluding carboxylic acids is 1. The molecule has 0 amide bonds. The molecular weight excluding hydrogens is 124 g/mol. The van der Waals surface area contributed by atoms with Crippen molar-refractivity contribution in [2.45, 2.75) is 20.3 Å². The first kappa shape index (κ1) is 6.14. The minimum atomic E-state index is 0.368. The predicted octanol–water partition coefficient (Wildman–Crippen LogP) is 1.79. The van der Waals surface area contributed by atoms with E-state index in [1.807, 2.05) is 6.08 Å². The van der Waals surface area contributed by atoms with Crippen molar-refractivity contribution in [1.29, 1.82) is 0 Å². The van der Waals surface area contributed by atoms with Gasteiger partial charge in [-0.2, -0.15) is 0 Å². The third-order valence-electron chi connectivity index (χ3n) is 3.10. The molecule has 0 heterocycles. The van der Waals surface area contributed by atoms with Gasteiger partial charge < -0.3 is 0 Å². The fraction of sp³-hybridized carbons (Fsp3) is 0.667. The molecule has 0 spiro atoms. The number of carbonyl (C=O) groups is 1. The minimum Gasteiger partial charge on any atom is -0.295 e. The molecule has 2 bridgehead atoms. The summed E-state index contributed by atoms with van der Waals surface area (Å²) in [5, 5.41) is 0. The summed E-state index contributed by atoms with van der Waals surface area (Å²) in [6.07, 6.45) is 2.96. The van der Waals surface area contributed by atoms with Gasteiger partial charge in [-0.25, -0.2) is 0 Å². The van der Waals surface area contributed by atoms with Crippen molar-refractivity contribution >= 4 is 5.78 Å². The Kier molecular flexibility index (Phi) is 1.05. The summed E-state index contributed by atoms with van der Waals surface area (Å²) in [6.45, 7) is 4.27. The van der Waals surface area contributed by atoms with Crippen LogP contribution in [0.25, 0.3) is 0 Å². The van der Waals surface area contributed by atoms with E-state index < -0.39 is 0 Å². The van der Waals surface area contributed by atoms with Crippen molar-refractivity contribution in [2.75, 3.05) is 0 Å². The third-order valence-corrected chi connectivity index (χ3v) is 3.10. The number of allylic oxidation sites excluding steroid dienone is 2. The van der Waals surface area contributed by atoms with Gasteiger partial charge in [-0.15, -0.1) is 0 Å². The van der Waals surface area contributed by atoms with E-state index in [1.54, 1.807) is 0 Å². The van der Waals surface area contributed by atoms with Gasteiger partial charge in [-0.1, -0.05) is 12.5 Å². The fourth-order valence-corrected chi connectivity index (χ4v) is 2.20. The van der Waals surface area contributed by atoms with Crippen molar-refractivity contribution in [3.05, 3.63) is 11.6 Å². The summed E-state index contributed by atoms with van der Waals surface area (Å²) < 4.78 is 0. The van der Waals surface area contributed by atoms with Gasteiger partial charge in [0.1, 0.15) is 0 Å². The zero-order valence-electron chi connectivity index (χ0n) is 6.42. The van der Waals surface area contributed by atoms with Crippen LogP contribution in [0.3, 0.4) is 0 Å². The molecule has 0 aliphatic heterocycles. The van der Waals surface area contributed by atoms with Crippen LogP contribution >= 0.6 is 0 Å². The standard InChI is InChI=1S/C9H12O/c1-5-3-9(10)8-4-7(5)6(8)2/h3,6-8H,4H2,1-2H3/t6-,7?,8-/m0/s1. The van der Waals surface area contributed by atoms with E-state index in [2.05, 4.69) is 13.8 Å². The lowest BCUT2D eigenvalue weighted by atomic mass is 9.58. The van der Waals surface area contributed by atoms with Gasteiger partial charge in [-0.3, -0.25) is 4.79 Å². The maximum atomic E-state index is 11.2. The number of rotatable bonds is 0. The number of hydrogen-bond donors (Lipinski definition) is 0. The Morgan fingerprint density at radius 3 is 2.60 bits per heavy atom. The van der Waals surface area contributed by atoms with E-state index in [0.29, 0.717) is 17.6 Å². The first-order valence-electron chi connectivity index (χ1n) is 3.92. The fourth-order valence-electron chi connectivity index (χ4n) is 2.20. The molecule has 0 aromatic carbocycles. The second-order valence-corrected chi connectivity index (χ2v) is 3.60. The molecule has 3 aliphatic rings. The zero-order chi connectivity index (χ0) is 7.30. The molecule has 1 nitrogen and oxygen atoms in total. The molecule has 0 N–H and O–H groups in total. The monoisotopic (exact) mass is 136 g/mol. The summed E-state index contributed by atoms with van der Waals surface area (Å²) >= 11 is 0. The molecule has 3 atom stereocenters. The molecule has 0 aromatic heterocycles. The topological polar surface area (TPSA) is 17.1 Å². The van der Waals surface area contributed by atoms with Crippen LogP contribution in [0.4, 0.5) is 0 Å². The molecule has 1 fully saturated rings. The Bertz CT molecular complexity index is 215. The van der Waals surface area contributed by atoms with Gasteiger partial charge in [0.2, 0.25) is 0 Å². The molecule has 10 heavy (non-hydrogen) atoms. The Balaban J connectivity index is 2.35. The van der Waals surface area contributed by atoms with E-state index >= 15 is 0 Å². The highest BCUT2D eigenvalue weighted by Gasteiger charge is 2.45. The van der Waals surface area contributed by atoms with Crippen molar-refractivity contribution in [3.8, 4) is 0 Å². The predicted molar refractivity (Wildman–Crippen MR) is 39.5 cm³/mol. The van der Waals surface area contributed by atoms with Crippen molar-refractivity contribution < 1.29 is 4.79 Å². The lowest BCUT2D eigenvalue weighted by molar-refractivity contribution is -0.126. The van der Waals surface area contributed by atoms with Crippen LogP contribution in [-0.2, 0) is 4.79 Å². The van der Waals surface area contributed by atoms with E-state index in [4.69, 9.17) is 0 Å². The van der Waals surface area contributed by atoms with E-state index in [-0.39, 0.29) is 0 Å². The molecule has 54 valence electrons. The normalized spacial score (nSPS) is 44.4. The van der Waals surface area contributed by atoms with Crippen molar-refractivity contribution in [3.63, 3.8) is 0 Å². The SMILES string of the molecule is CC1=CC(=O)[C@H]2CC1[C@@H]2C. The number of ketones is 1. The van der Waals surface area contributed by atoms with Crippen LogP contribution in [0, 0.1) is 17.8 Å². The molecule has 3 rings (SSSR count). The lowest BCUT2D eigenvalue weighted by Gasteiger charge is -2.45. The first-order valence-corrected chi connectivity index (χ1v) is 3.92. The smallest absolute Gasteiger partial charge is 0.159 e. The van der Waals surface area contributed by atoms with Crippen LogP contribution in [-0.4, -0.2) is 5.78 Å². The highest BCUT2D eigenvalue weighted by Crippen LogP contribution is 2.48. The van der Waals surface area contributed by atoms with Gasteiger partial charge in [0.25, 0.3) is 0 Å². The quantitative estimate of drug-likeness (QED) is 0.496. The van der Waals surface area contributed by atoms with Gasteiger partial charge in [0.15, 0.2) is 5.78 Å². The van der Waals surface area contributed by atoms with Gasteiger partial charge in [-0.05, 0) is 31.3 Å². The van der Waals surface area contributed by atoms with Gasteiger partial charge >= 0.3 is 0 Å². The van der Waals surface area contributed by atoms with Crippen molar-refractivity contribution in [1.82, 2.24) is 0 Å². The average Bonchev–Trinajstić information content (AvgIpc) is 1.83. The molecule has 0 aromatic rings. The molecule has 0 saturated heterocycles. The minimum absolute atomic E-state index is 0.368. The van der Waals surface area contributed by atoms with Gasteiger partial charge in [0.05, 0.1) is 0 Å². The largest absolute Gasteiger partial charge is 0.295 e.